The second-order valence-electron chi connectivity index (χ2n) is 13.2. The van der Waals surface area contributed by atoms with Crippen molar-refractivity contribution in [2.24, 2.45) is 11.8 Å². The Morgan fingerprint density at radius 3 is 2.44 bits per heavy atom. The molecule has 10 nitrogen and oxygen atoms in total. The normalized spacial score (nSPS) is 26.9. The number of amides is 3. The number of likely N-dealkylation sites (N-methyl/N-ethyl adjacent to an activating group) is 1. The number of nitrogens with zero attached hydrogens (tertiary/aromatic N) is 3. The summed E-state index contributed by atoms with van der Waals surface area (Å²) in [6, 6.07) is 13.6. The van der Waals surface area contributed by atoms with Gasteiger partial charge in [0.2, 0.25) is 11.8 Å². The Hall–Kier alpha value is -3.51. The topological polar surface area (TPSA) is 117 Å². The van der Waals surface area contributed by atoms with E-state index >= 15 is 0 Å². The number of hydrogen-bond donors (Lipinski definition) is 1. The van der Waals surface area contributed by atoms with Crippen LogP contribution in [-0.2, 0) is 28.7 Å². The van der Waals surface area contributed by atoms with Crippen molar-refractivity contribution in [2.45, 2.75) is 80.3 Å². The number of fused-ring (bicyclic) bond motifs is 1. The van der Waals surface area contributed by atoms with E-state index in [1.807, 2.05) is 44.2 Å². The Labute approximate surface area is 307 Å². The molecular weight excluding hydrogens is 726 g/mol. The average Bonchev–Trinajstić information content (AvgIpc) is 3.72. The van der Waals surface area contributed by atoms with Crippen molar-refractivity contribution in [3.8, 4) is 0 Å². The molecule has 3 aliphatic rings. The van der Waals surface area contributed by atoms with E-state index in [-0.39, 0.29) is 36.7 Å². The minimum Gasteiger partial charge on any atom is -0.455 e. The van der Waals surface area contributed by atoms with E-state index in [4.69, 9.17) is 21.1 Å². The largest absolute Gasteiger partial charge is 0.455 e. The summed E-state index contributed by atoms with van der Waals surface area (Å²) in [7, 11) is 1.67. The van der Waals surface area contributed by atoms with Gasteiger partial charge in [0.25, 0.3) is 5.91 Å². The van der Waals surface area contributed by atoms with Crippen LogP contribution in [0.15, 0.2) is 79.9 Å². The summed E-state index contributed by atoms with van der Waals surface area (Å²) >= 11 is 9.88. The molecule has 3 aliphatic heterocycles. The minimum absolute atomic E-state index is 0.126. The maximum atomic E-state index is 14.8. The fourth-order valence-corrected chi connectivity index (χ4v) is 8.84. The Bertz CT molecular complexity index is 1590. The molecule has 3 amide bonds. The molecule has 2 bridgehead atoms. The van der Waals surface area contributed by atoms with E-state index in [0.29, 0.717) is 29.1 Å². The highest BCUT2D eigenvalue weighted by molar-refractivity contribution is 9.09. The first-order chi connectivity index (χ1) is 23.9. The van der Waals surface area contributed by atoms with Crippen molar-refractivity contribution >= 4 is 56.9 Å². The van der Waals surface area contributed by atoms with Crippen LogP contribution < -0.4 is 4.90 Å². The van der Waals surface area contributed by atoms with Crippen LogP contribution in [0.4, 0.5) is 5.69 Å². The van der Waals surface area contributed by atoms with E-state index in [1.165, 1.54) is 9.80 Å². The third kappa shape index (κ3) is 6.77. The van der Waals surface area contributed by atoms with Crippen molar-refractivity contribution in [1.29, 1.82) is 0 Å². The van der Waals surface area contributed by atoms with Crippen LogP contribution in [0.3, 0.4) is 0 Å². The molecule has 5 rings (SSSR count). The summed E-state index contributed by atoms with van der Waals surface area (Å²) < 4.78 is 13.0. The Kier molecular flexibility index (Phi) is 11.9. The van der Waals surface area contributed by atoms with Crippen molar-refractivity contribution < 1.29 is 33.8 Å². The van der Waals surface area contributed by atoms with Crippen molar-refractivity contribution in [2.75, 3.05) is 25.1 Å². The van der Waals surface area contributed by atoms with E-state index < -0.39 is 65.6 Å². The van der Waals surface area contributed by atoms with Gasteiger partial charge in [-0.1, -0.05) is 76.9 Å². The van der Waals surface area contributed by atoms with Gasteiger partial charge in [-0.15, -0.1) is 13.2 Å². The lowest BCUT2D eigenvalue weighted by atomic mass is 9.70. The van der Waals surface area contributed by atoms with Gasteiger partial charge in [0.15, 0.2) is 0 Å². The average molecular weight is 771 g/mol. The number of aliphatic hydroxyl groups excluding tert-OH is 1. The summed E-state index contributed by atoms with van der Waals surface area (Å²) in [5, 5.41) is 11.0. The standard InChI is InChI=1S/C38H45BrClN3O7/c1-6-9-15-29(45)41(5)23(4)32(24-13-11-10-12-14-24)49-37(48)30-31-35(46)43(26(8-3)22-44)34(38(31)21-28(39)33(30)50-38)36(47)42(20-7-2)27-18-16-25(40)17-19-27/h6-7,10-14,16-19,23,26,28,30-34,44H,1-2,8-9,15,20-22H2,3-5H3/t23-,26+,28?,30-,31+,32+,33-,34-,38+/m1/s1. The Morgan fingerprint density at radius 2 is 1.84 bits per heavy atom. The van der Waals surface area contributed by atoms with E-state index in [1.54, 1.807) is 48.4 Å². The van der Waals surface area contributed by atoms with Gasteiger partial charge in [0, 0.05) is 35.6 Å². The first-order valence-corrected chi connectivity index (χ1v) is 18.3. The molecule has 3 heterocycles. The number of anilines is 1. The summed E-state index contributed by atoms with van der Waals surface area (Å²) in [6.07, 6.45) is 3.08. The first kappa shape index (κ1) is 37.7. The lowest BCUT2D eigenvalue weighted by molar-refractivity contribution is -0.165. The molecule has 0 aromatic heterocycles. The number of aliphatic hydroxyl groups is 1. The van der Waals surface area contributed by atoms with Gasteiger partial charge in [-0.05, 0) is 56.0 Å². The molecule has 1 spiro atoms. The zero-order chi connectivity index (χ0) is 36.3. The van der Waals surface area contributed by atoms with Crippen molar-refractivity contribution in [3.63, 3.8) is 0 Å². The molecule has 0 aliphatic carbocycles. The summed E-state index contributed by atoms with van der Waals surface area (Å²) in [4.78, 5) is 61.2. The molecule has 1 unspecified atom stereocenters. The first-order valence-electron chi connectivity index (χ1n) is 17.0. The lowest BCUT2D eigenvalue weighted by Gasteiger charge is -2.39. The highest BCUT2D eigenvalue weighted by Crippen LogP contribution is 2.61. The van der Waals surface area contributed by atoms with Crippen molar-refractivity contribution in [1.82, 2.24) is 9.80 Å². The second kappa shape index (κ2) is 15.8. The molecule has 2 aromatic rings. The lowest BCUT2D eigenvalue weighted by Crippen LogP contribution is -2.59. The molecule has 268 valence electrons. The minimum atomic E-state index is -1.38. The number of likely N-dealkylation sites (tertiary alicyclic amines) is 1. The molecule has 50 heavy (non-hydrogen) atoms. The number of alkyl halides is 1. The van der Waals surface area contributed by atoms with Crippen LogP contribution in [-0.4, -0.2) is 93.5 Å². The van der Waals surface area contributed by atoms with E-state index in [2.05, 4.69) is 29.1 Å². The Balaban J connectivity index is 1.54. The highest BCUT2D eigenvalue weighted by Gasteiger charge is 2.77. The fraction of sp³-hybridized carbons (Fsp3) is 0.474. The zero-order valence-electron chi connectivity index (χ0n) is 28.6. The number of allylic oxidation sites excluding steroid dienone is 1. The van der Waals surface area contributed by atoms with E-state index in [9.17, 15) is 24.3 Å². The van der Waals surface area contributed by atoms with E-state index in [0.717, 1.165) is 0 Å². The number of esters is 1. The number of ether oxygens (including phenoxy) is 2. The van der Waals surface area contributed by atoms with Crippen LogP contribution >= 0.6 is 27.5 Å². The van der Waals surface area contributed by atoms with Gasteiger partial charge in [-0.25, -0.2) is 0 Å². The number of halogens is 2. The quantitative estimate of drug-likeness (QED) is 0.145. The molecule has 0 radical (unpaired) electrons. The molecule has 9 atom stereocenters. The van der Waals surface area contributed by atoms with Gasteiger partial charge >= 0.3 is 5.97 Å². The second-order valence-corrected chi connectivity index (χ2v) is 14.8. The molecule has 3 fully saturated rings. The monoisotopic (exact) mass is 769 g/mol. The van der Waals surface area contributed by atoms with Gasteiger partial charge in [-0.2, -0.15) is 0 Å². The van der Waals surface area contributed by atoms with Gasteiger partial charge in [0.05, 0.1) is 36.6 Å². The molecule has 1 N–H and O–H groups in total. The molecule has 2 aromatic carbocycles. The number of hydrogen-bond acceptors (Lipinski definition) is 7. The van der Waals surface area contributed by atoms with Gasteiger partial charge in [0.1, 0.15) is 17.7 Å². The number of carbonyl (C=O) groups excluding carboxylic acids is 4. The third-order valence-electron chi connectivity index (χ3n) is 10.4. The molecule has 3 saturated heterocycles. The van der Waals surface area contributed by atoms with Crippen LogP contribution in [0.1, 0.15) is 51.2 Å². The number of carbonyl (C=O) groups is 4. The van der Waals surface area contributed by atoms with Crippen molar-refractivity contribution in [3.05, 3.63) is 90.5 Å². The third-order valence-corrected chi connectivity index (χ3v) is 11.5. The molecule has 0 saturated carbocycles. The number of benzene rings is 2. The predicted octanol–water partition coefficient (Wildman–Crippen LogP) is 5.48. The summed E-state index contributed by atoms with van der Waals surface area (Å²) in [5.41, 5.74) is -0.141. The Morgan fingerprint density at radius 1 is 1.16 bits per heavy atom. The SMILES string of the molecule is C=CCCC(=O)N(C)[C@H](C)[C@H](OC(=O)[C@H]1[C@@H]2O[C@@]3(CC2Br)[C@@H]1C(=O)N([C@@H](CC)CO)[C@@H]3C(=O)N(CC=C)c1ccc(Cl)cc1)c1ccccc1. The maximum Gasteiger partial charge on any atom is 0.313 e. The molecule has 12 heteroatoms. The van der Waals surface area contributed by atoms with Crippen LogP contribution in [0.5, 0.6) is 0 Å². The summed E-state index contributed by atoms with van der Waals surface area (Å²) in [6.45, 7) is 11.0. The van der Waals surface area contributed by atoms with Crippen LogP contribution in [0.2, 0.25) is 5.02 Å². The maximum absolute atomic E-state index is 14.8. The fourth-order valence-electron chi connectivity index (χ4n) is 7.77. The van der Waals surface area contributed by atoms with Gasteiger partial charge < -0.3 is 29.3 Å². The highest BCUT2D eigenvalue weighted by atomic mass is 79.9. The van der Waals surface area contributed by atoms with Gasteiger partial charge in [-0.3, -0.25) is 19.2 Å². The number of rotatable bonds is 15. The zero-order valence-corrected chi connectivity index (χ0v) is 31.0. The summed E-state index contributed by atoms with van der Waals surface area (Å²) in [5.74, 6) is -3.74. The predicted molar refractivity (Wildman–Crippen MR) is 195 cm³/mol. The smallest absolute Gasteiger partial charge is 0.313 e. The molecular formula is C38H45BrClN3O7. The van der Waals surface area contributed by atoms with Crippen LogP contribution in [0.25, 0.3) is 0 Å². The van der Waals surface area contributed by atoms with Crippen LogP contribution in [0, 0.1) is 11.8 Å².